The van der Waals surface area contributed by atoms with E-state index in [1.54, 1.807) is 0 Å². The van der Waals surface area contributed by atoms with Gasteiger partial charge >= 0.3 is 5.97 Å². The standard InChI is InChI=1S/C20H27NO3S/c1-13(20-9-14-5-15(10-20)7-16(6-14)11-20)21-18(22)12-24-19(23)8-17-3-2-4-25-17/h2-4,13-16H,5-12H2,1H3,(H,21,22)/t13-,14?,15?,16?,20?/m0/s1. The minimum Gasteiger partial charge on any atom is -0.455 e. The summed E-state index contributed by atoms with van der Waals surface area (Å²) in [6.07, 6.45) is 8.24. The van der Waals surface area contributed by atoms with Crippen molar-refractivity contribution in [3.8, 4) is 0 Å². The van der Waals surface area contributed by atoms with Crippen molar-refractivity contribution in [2.24, 2.45) is 23.2 Å². The first kappa shape index (κ1) is 17.1. The van der Waals surface area contributed by atoms with Crippen LogP contribution in [0, 0.1) is 23.2 Å². The molecule has 4 aliphatic rings. The monoisotopic (exact) mass is 361 g/mol. The molecule has 1 heterocycles. The molecule has 0 aliphatic heterocycles. The number of nitrogens with one attached hydrogen (secondary N) is 1. The van der Waals surface area contributed by atoms with Gasteiger partial charge in [-0.3, -0.25) is 9.59 Å². The predicted molar refractivity (Wildman–Crippen MR) is 97.2 cm³/mol. The van der Waals surface area contributed by atoms with Crippen LogP contribution in [0.3, 0.4) is 0 Å². The second kappa shape index (κ2) is 6.75. The van der Waals surface area contributed by atoms with Gasteiger partial charge in [0.25, 0.3) is 5.91 Å². The van der Waals surface area contributed by atoms with Gasteiger partial charge in [0, 0.05) is 10.9 Å². The predicted octanol–water partition coefficient (Wildman–Crippen LogP) is 3.55. The van der Waals surface area contributed by atoms with Crippen LogP contribution < -0.4 is 5.32 Å². The average Bonchev–Trinajstić information content (AvgIpc) is 3.04. The number of hydrogen-bond acceptors (Lipinski definition) is 4. The van der Waals surface area contributed by atoms with E-state index in [1.165, 1.54) is 49.9 Å². The minimum absolute atomic E-state index is 0.164. The molecule has 1 aromatic heterocycles. The molecule has 4 saturated carbocycles. The Labute approximate surface area is 153 Å². The van der Waals surface area contributed by atoms with Crippen LogP contribution in [0.5, 0.6) is 0 Å². The van der Waals surface area contributed by atoms with E-state index >= 15 is 0 Å². The van der Waals surface area contributed by atoms with Crippen LogP contribution in [0.15, 0.2) is 17.5 Å². The van der Waals surface area contributed by atoms with Gasteiger partial charge in [0.15, 0.2) is 6.61 Å². The Morgan fingerprint density at radius 1 is 1.24 bits per heavy atom. The first-order valence-corrected chi connectivity index (χ1v) is 10.4. The summed E-state index contributed by atoms with van der Waals surface area (Å²) in [6.45, 7) is 1.99. The molecule has 4 bridgehead atoms. The maximum absolute atomic E-state index is 12.3. The summed E-state index contributed by atoms with van der Waals surface area (Å²) in [7, 11) is 0. The summed E-state index contributed by atoms with van der Waals surface area (Å²) in [5.41, 5.74) is 0.283. The summed E-state index contributed by atoms with van der Waals surface area (Å²) < 4.78 is 5.15. The number of amides is 1. The van der Waals surface area contributed by atoms with Crippen molar-refractivity contribution in [3.63, 3.8) is 0 Å². The molecule has 5 heteroatoms. The molecule has 0 unspecified atom stereocenters. The lowest BCUT2D eigenvalue weighted by molar-refractivity contribution is -0.148. The molecule has 1 aromatic rings. The zero-order valence-electron chi connectivity index (χ0n) is 14.8. The molecule has 0 saturated heterocycles. The minimum atomic E-state index is -0.333. The SMILES string of the molecule is C[C@H](NC(=O)COC(=O)Cc1cccs1)C12CC3CC(CC(C3)C1)C2. The third kappa shape index (κ3) is 3.62. The van der Waals surface area contributed by atoms with Crippen molar-refractivity contribution in [3.05, 3.63) is 22.4 Å². The number of esters is 1. The van der Waals surface area contributed by atoms with Gasteiger partial charge in [0.2, 0.25) is 0 Å². The van der Waals surface area contributed by atoms with Crippen molar-refractivity contribution >= 4 is 23.2 Å². The van der Waals surface area contributed by atoms with Crippen LogP contribution in [0.4, 0.5) is 0 Å². The van der Waals surface area contributed by atoms with Crippen LogP contribution in [0.1, 0.15) is 50.3 Å². The first-order valence-electron chi connectivity index (χ1n) is 9.50. The largest absolute Gasteiger partial charge is 0.455 e. The molecule has 4 nitrogen and oxygen atoms in total. The van der Waals surface area contributed by atoms with E-state index in [4.69, 9.17) is 4.74 Å². The summed E-state index contributed by atoms with van der Waals surface area (Å²) in [4.78, 5) is 25.1. The van der Waals surface area contributed by atoms with Gasteiger partial charge in [-0.15, -0.1) is 11.3 Å². The van der Waals surface area contributed by atoms with Crippen molar-refractivity contribution in [2.75, 3.05) is 6.61 Å². The second-order valence-corrected chi connectivity index (χ2v) is 9.52. The number of hydrogen-bond donors (Lipinski definition) is 1. The third-order valence-electron chi connectivity index (χ3n) is 6.64. The van der Waals surface area contributed by atoms with Crippen molar-refractivity contribution in [2.45, 2.75) is 57.9 Å². The topological polar surface area (TPSA) is 55.4 Å². The molecule has 0 radical (unpaired) electrons. The van der Waals surface area contributed by atoms with Crippen molar-refractivity contribution in [1.82, 2.24) is 5.32 Å². The van der Waals surface area contributed by atoms with Gasteiger partial charge in [-0.25, -0.2) is 0 Å². The zero-order valence-corrected chi connectivity index (χ0v) is 15.6. The second-order valence-electron chi connectivity index (χ2n) is 8.49. The number of carbonyl (C=O) groups excluding carboxylic acids is 2. The maximum Gasteiger partial charge on any atom is 0.311 e. The Hall–Kier alpha value is -1.36. The van der Waals surface area contributed by atoms with E-state index in [2.05, 4.69) is 12.2 Å². The maximum atomic E-state index is 12.3. The Morgan fingerprint density at radius 3 is 2.44 bits per heavy atom. The van der Waals surface area contributed by atoms with E-state index in [1.807, 2.05) is 17.5 Å². The van der Waals surface area contributed by atoms with Gasteiger partial charge in [-0.1, -0.05) is 6.07 Å². The van der Waals surface area contributed by atoms with Gasteiger partial charge < -0.3 is 10.1 Å². The van der Waals surface area contributed by atoms with Crippen LogP contribution in [0.25, 0.3) is 0 Å². The van der Waals surface area contributed by atoms with Gasteiger partial charge in [-0.2, -0.15) is 0 Å². The summed E-state index contributed by atoms with van der Waals surface area (Å²) in [5.74, 6) is 2.11. The number of thiophene rings is 1. The number of ether oxygens (including phenoxy) is 1. The Kier molecular flexibility index (Phi) is 4.61. The Balaban J connectivity index is 1.27. The molecule has 0 aromatic carbocycles. The molecule has 0 spiro atoms. The lowest BCUT2D eigenvalue weighted by Crippen LogP contribution is -2.56. The molecular weight excluding hydrogens is 334 g/mol. The lowest BCUT2D eigenvalue weighted by atomic mass is 9.48. The first-order chi connectivity index (χ1) is 12.0. The molecule has 136 valence electrons. The Bertz CT molecular complexity index is 604. The van der Waals surface area contributed by atoms with Crippen molar-refractivity contribution in [1.29, 1.82) is 0 Å². The lowest BCUT2D eigenvalue weighted by Gasteiger charge is -2.59. The van der Waals surface area contributed by atoms with Gasteiger partial charge in [-0.05, 0) is 80.1 Å². The van der Waals surface area contributed by atoms with Crippen molar-refractivity contribution < 1.29 is 14.3 Å². The number of rotatable bonds is 6. The fourth-order valence-corrected chi connectivity index (χ4v) is 6.59. The van der Waals surface area contributed by atoms with E-state index < -0.39 is 0 Å². The van der Waals surface area contributed by atoms with Crippen LogP contribution in [-0.2, 0) is 20.7 Å². The zero-order chi connectivity index (χ0) is 17.4. The van der Waals surface area contributed by atoms with Crippen LogP contribution in [-0.4, -0.2) is 24.5 Å². The normalized spacial score (nSPS) is 33.9. The quantitative estimate of drug-likeness (QED) is 0.788. The molecule has 1 atom stereocenters. The molecule has 4 fully saturated rings. The average molecular weight is 362 g/mol. The molecule has 1 amide bonds. The van der Waals surface area contributed by atoms with Gasteiger partial charge in [0.05, 0.1) is 6.42 Å². The fourth-order valence-electron chi connectivity index (χ4n) is 5.90. The van der Waals surface area contributed by atoms with E-state index in [0.29, 0.717) is 0 Å². The molecule has 25 heavy (non-hydrogen) atoms. The molecule has 5 rings (SSSR count). The highest BCUT2D eigenvalue weighted by Gasteiger charge is 2.53. The highest BCUT2D eigenvalue weighted by Crippen LogP contribution is 2.61. The molecule has 1 N–H and O–H groups in total. The van der Waals surface area contributed by atoms with Crippen LogP contribution >= 0.6 is 11.3 Å². The van der Waals surface area contributed by atoms with E-state index in [0.717, 1.165) is 22.6 Å². The highest BCUT2D eigenvalue weighted by molar-refractivity contribution is 7.10. The van der Waals surface area contributed by atoms with E-state index in [9.17, 15) is 9.59 Å². The Morgan fingerprint density at radius 2 is 1.88 bits per heavy atom. The van der Waals surface area contributed by atoms with Crippen LogP contribution in [0.2, 0.25) is 0 Å². The van der Waals surface area contributed by atoms with Gasteiger partial charge in [0.1, 0.15) is 0 Å². The summed E-state index contributed by atoms with van der Waals surface area (Å²) >= 11 is 1.53. The number of carbonyl (C=O) groups is 2. The summed E-state index contributed by atoms with van der Waals surface area (Å²) in [6, 6.07) is 3.98. The smallest absolute Gasteiger partial charge is 0.311 e. The third-order valence-corrected chi connectivity index (χ3v) is 7.52. The fraction of sp³-hybridized carbons (Fsp3) is 0.700. The molecule has 4 aliphatic carbocycles. The van der Waals surface area contributed by atoms with E-state index in [-0.39, 0.29) is 36.4 Å². The highest BCUT2D eigenvalue weighted by atomic mass is 32.1. The summed E-state index contributed by atoms with van der Waals surface area (Å²) in [5, 5.41) is 5.07. The molecular formula is C20H27NO3S.